The highest BCUT2D eigenvalue weighted by molar-refractivity contribution is 7.81. The van der Waals surface area contributed by atoms with Gasteiger partial charge in [-0.05, 0) is 16.7 Å². The summed E-state index contributed by atoms with van der Waals surface area (Å²) in [6.45, 7) is 7.26. The number of thiol groups is 1. The van der Waals surface area contributed by atoms with Crippen LogP contribution in [-0.4, -0.2) is 5.25 Å². The van der Waals surface area contributed by atoms with Gasteiger partial charge in [-0.25, -0.2) is 0 Å². The predicted octanol–water partition coefficient (Wildman–Crippen LogP) is 4.26. The van der Waals surface area contributed by atoms with Gasteiger partial charge in [0.05, 0.1) is 0 Å². The number of alkyl halides is 2. The van der Waals surface area contributed by atoms with Crippen molar-refractivity contribution < 1.29 is 8.78 Å². The molecule has 0 aliphatic rings. The first-order chi connectivity index (χ1) is 6.94. The average molecular weight is 226 g/mol. The van der Waals surface area contributed by atoms with Crippen molar-refractivity contribution >= 4 is 24.3 Å². The van der Waals surface area contributed by atoms with E-state index in [0.717, 1.165) is 5.56 Å². The molecule has 0 saturated heterocycles. The van der Waals surface area contributed by atoms with Crippen LogP contribution in [0.1, 0.15) is 17.5 Å². The van der Waals surface area contributed by atoms with Gasteiger partial charge < -0.3 is 0 Å². The van der Waals surface area contributed by atoms with Crippen molar-refractivity contribution in [2.75, 3.05) is 0 Å². The van der Waals surface area contributed by atoms with E-state index >= 15 is 0 Å². The van der Waals surface area contributed by atoms with E-state index in [1.807, 2.05) is 12.1 Å². The van der Waals surface area contributed by atoms with Crippen molar-refractivity contribution in [2.24, 2.45) is 0 Å². The van der Waals surface area contributed by atoms with Crippen LogP contribution in [0.15, 0.2) is 37.4 Å². The Hall–Kier alpha value is -1.09. The summed E-state index contributed by atoms with van der Waals surface area (Å²) >= 11 is 3.19. The first-order valence-corrected chi connectivity index (χ1v) is 4.88. The lowest BCUT2D eigenvalue weighted by Gasteiger charge is -2.13. The normalized spacial score (nSPS) is 11.1. The Kier molecular flexibility index (Phi) is 3.69. The van der Waals surface area contributed by atoms with Crippen LogP contribution in [0.25, 0.3) is 11.6 Å². The molecule has 0 bridgehead atoms. The molecular weight excluding hydrogens is 214 g/mol. The van der Waals surface area contributed by atoms with E-state index in [-0.39, 0.29) is 0 Å². The fourth-order valence-electron chi connectivity index (χ4n) is 1.35. The van der Waals surface area contributed by atoms with Crippen molar-refractivity contribution in [3.05, 3.63) is 48.6 Å². The molecule has 0 amide bonds. The van der Waals surface area contributed by atoms with Gasteiger partial charge in [0.1, 0.15) is 0 Å². The van der Waals surface area contributed by atoms with Gasteiger partial charge in [-0.15, -0.1) is 12.6 Å². The molecule has 0 N–H and O–H groups in total. The minimum Gasteiger partial charge on any atom is -0.194 e. The second-order valence-electron chi connectivity index (χ2n) is 3.24. The van der Waals surface area contributed by atoms with E-state index in [0.29, 0.717) is 11.1 Å². The lowest BCUT2D eigenvalue weighted by atomic mass is 9.99. The Morgan fingerprint density at radius 2 is 2.00 bits per heavy atom. The highest BCUT2D eigenvalue weighted by atomic mass is 32.1. The number of hydrogen-bond acceptors (Lipinski definition) is 1. The second-order valence-corrected chi connectivity index (χ2v) is 3.89. The minimum absolute atomic E-state index is 0.366. The largest absolute Gasteiger partial charge is 0.295 e. The first-order valence-electron chi connectivity index (χ1n) is 4.44. The Balaban J connectivity index is 2.96. The zero-order chi connectivity index (χ0) is 11.5. The van der Waals surface area contributed by atoms with E-state index < -0.39 is 11.7 Å². The summed E-state index contributed by atoms with van der Waals surface area (Å²) in [6.07, 6.45) is 1.16. The van der Waals surface area contributed by atoms with E-state index in [1.165, 1.54) is 0 Å². The van der Waals surface area contributed by atoms with E-state index in [4.69, 9.17) is 0 Å². The fraction of sp³-hybridized carbons (Fsp3) is 0.167. The topological polar surface area (TPSA) is 0 Å². The van der Waals surface area contributed by atoms with Crippen molar-refractivity contribution in [3.63, 3.8) is 0 Å². The van der Waals surface area contributed by atoms with Crippen LogP contribution in [0.3, 0.4) is 0 Å². The minimum atomic E-state index is -3.02. The number of benzene rings is 1. The lowest BCUT2D eigenvalue weighted by molar-refractivity contribution is 0.115. The lowest BCUT2D eigenvalue weighted by Crippen LogP contribution is -2.06. The first kappa shape index (κ1) is 12.0. The van der Waals surface area contributed by atoms with Gasteiger partial charge in [-0.2, -0.15) is 8.78 Å². The molecule has 0 aliphatic heterocycles. The van der Waals surface area contributed by atoms with Gasteiger partial charge in [0.25, 0.3) is 5.25 Å². The Morgan fingerprint density at radius 3 is 2.53 bits per heavy atom. The highest BCUT2D eigenvalue weighted by Gasteiger charge is 2.24. The maximum atomic E-state index is 12.7. The van der Waals surface area contributed by atoms with Crippen LogP contribution in [0, 0.1) is 0 Å². The fourth-order valence-corrected chi connectivity index (χ4v) is 1.54. The third-order valence-electron chi connectivity index (χ3n) is 1.99. The zero-order valence-electron chi connectivity index (χ0n) is 8.21. The summed E-state index contributed by atoms with van der Waals surface area (Å²) in [4.78, 5) is 0. The third-order valence-corrected chi connectivity index (χ3v) is 2.15. The highest BCUT2D eigenvalue weighted by Crippen LogP contribution is 2.32. The van der Waals surface area contributed by atoms with E-state index in [1.54, 1.807) is 18.2 Å². The molecule has 0 aliphatic carbocycles. The van der Waals surface area contributed by atoms with Crippen molar-refractivity contribution in [3.8, 4) is 0 Å². The molecule has 0 atom stereocenters. The molecule has 0 aromatic heterocycles. The standard InChI is InChI=1S/C12H12F2S/c1-3-10-6-4-5-7-11(10)9(2)8-12(13,14)15/h3-7,15H,1-2,8H2. The number of hydrogen-bond donors (Lipinski definition) is 1. The second kappa shape index (κ2) is 4.62. The summed E-state index contributed by atoms with van der Waals surface area (Å²) in [7, 11) is 0. The van der Waals surface area contributed by atoms with Crippen LogP contribution in [-0.2, 0) is 0 Å². The monoisotopic (exact) mass is 226 g/mol. The van der Waals surface area contributed by atoms with Crippen molar-refractivity contribution in [2.45, 2.75) is 11.7 Å². The molecule has 1 aromatic carbocycles. The number of rotatable bonds is 4. The van der Waals surface area contributed by atoms with E-state index in [9.17, 15) is 8.78 Å². The van der Waals surface area contributed by atoms with Crippen molar-refractivity contribution in [1.29, 1.82) is 0 Å². The third kappa shape index (κ3) is 3.51. The van der Waals surface area contributed by atoms with Gasteiger partial charge >= 0.3 is 0 Å². The van der Waals surface area contributed by atoms with Gasteiger partial charge in [0.15, 0.2) is 0 Å². The smallest absolute Gasteiger partial charge is 0.194 e. The average Bonchev–Trinajstić information content (AvgIpc) is 2.15. The van der Waals surface area contributed by atoms with Crippen LogP contribution in [0.2, 0.25) is 0 Å². The van der Waals surface area contributed by atoms with Gasteiger partial charge in [-0.1, -0.05) is 43.5 Å². The summed E-state index contributed by atoms with van der Waals surface area (Å²) in [5.74, 6) is 0. The molecule has 80 valence electrons. The molecule has 1 aromatic rings. The summed E-state index contributed by atoms with van der Waals surface area (Å²) in [6, 6.07) is 7.17. The molecule has 15 heavy (non-hydrogen) atoms. The Morgan fingerprint density at radius 1 is 1.40 bits per heavy atom. The molecule has 0 unspecified atom stereocenters. The maximum Gasteiger partial charge on any atom is 0.295 e. The molecule has 0 spiro atoms. The maximum absolute atomic E-state index is 12.7. The molecule has 0 saturated carbocycles. The van der Waals surface area contributed by atoms with Gasteiger partial charge in [0, 0.05) is 6.42 Å². The summed E-state index contributed by atoms with van der Waals surface area (Å²) < 4.78 is 25.3. The molecule has 3 heteroatoms. The summed E-state index contributed by atoms with van der Waals surface area (Å²) in [5, 5.41) is -3.02. The van der Waals surface area contributed by atoms with Crippen LogP contribution < -0.4 is 0 Å². The van der Waals surface area contributed by atoms with E-state index in [2.05, 4.69) is 25.8 Å². The van der Waals surface area contributed by atoms with Crippen LogP contribution >= 0.6 is 12.6 Å². The van der Waals surface area contributed by atoms with Gasteiger partial charge in [-0.3, -0.25) is 0 Å². The predicted molar refractivity (Wildman–Crippen MR) is 64.1 cm³/mol. The Labute approximate surface area is 93.7 Å². The SMILES string of the molecule is C=Cc1ccccc1C(=C)CC(F)(F)S. The molecule has 0 fully saturated rings. The molecule has 0 heterocycles. The molecule has 1 rings (SSSR count). The Bertz CT molecular complexity index is 377. The zero-order valence-corrected chi connectivity index (χ0v) is 9.11. The summed E-state index contributed by atoms with van der Waals surface area (Å²) in [5.41, 5.74) is 1.87. The molecule has 0 nitrogen and oxygen atoms in total. The molecular formula is C12H12F2S. The van der Waals surface area contributed by atoms with Crippen LogP contribution in [0.4, 0.5) is 8.78 Å². The number of allylic oxidation sites excluding steroid dienone is 1. The number of halogens is 2. The van der Waals surface area contributed by atoms with Crippen molar-refractivity contribution in [1.82, 2.24) is 0 Å². The van der Waals surface area contributed by atoms with Crippen LogP contribution in [0.5, 0.6) is 0 Å². The quantitative estimate of drug-likeness (QED) is 0.729. The van der Waals surface area contributed by atoms with Gasteiger partial charge in [0.2, 0.25) is 0 Å². The molecule has 0 radical (unpaired) electrons.